The van der Waals surface area contributed by atoms with Gasteiger partial charge in [0, 0.05) is 24.6 Å². The maximum absolute atomic E-state index is 12.6. The van der Waals surface area contributed by atoms with Crippen molar-refractivity contribution in [3.8, 4) is 0 Å². The van der Waals surface area contributed by atoms with Crippen molar-refractivity contribution in [3.63, 3.8) is 0 Å². The van der Waals surface area contributed by atoms with E-state index in [1.165, 1.54) is 0 Å². The van der Waals surface area contributed by atoms with Crippen LogP contribution in [-0.2, 0) is 0 Å². The maximum atomic E-state index is 12.6. The summed E-state index contributed by atoms with van der Waals surface area (Å²) in [4.78, 5) is 14.5. The molecule has 0 spiro atoms. The minimum atomic E-state index is -0.257. The van der Waals surface area contributed by atoms with Crippen LogP contribution in [0, 0.1) is 19.8 Å². The first-order valence-electron chi connectivity index (χ1n) is 7.08. The zero-order valence-electron chi connectivity index (χ0n) is 12.0. The average molecular weight is 261 g/mol. The molecule has 19 heavy (non-hydrogen) atoms. The van der Waals surface area contributed by atoms with E-state index in [1.54, 1.807) is 0 Å². The van der Waals surface area contributed by atoms with Crippen LogP contribution in [0.15, 0.2) is 18.2 Å². The molecule has 1 fully saturated rings. The Hall–Kier alpha value is -1.35. The zero-order valence-corrected chi connectivity index (χ0v) is 12.0. The summed E-state index contributed by atoms with van der Waals surface area (Å²) < 4.78 is 0. The largest absolute Gasteiger partial charge is 0.393 e. The Kier molecular flexibility index (Phi) is 4.25. The Labute approximate surface area is 115 Å². The molecule has 1 aromatic carbocycles. The molecular weight excluding hydrogens is 238 g/mol. The number of benzene rings is 1. The van der Waals surface area contributed by atoms with Crippen molar-refractivity contribution in [2.24, 2.45) is 5.92 Å². The lowest BCUT2D eigenvalue weighted by molar-refractivity contribution is 0.0228. The molecule has 3 nitrogen and oxygen atoms in total. The highest BCUT2D eigenvalue weighted by atomic mass is 16.3. The maximum Gasteiger partial charge on any atom is 0.254 e. The van der Waals surface area contributed by atoms with Crippen LogP contribution >= 0.6 is 0 Å². The van der Waals surface area contributed by atoms with Crippen molar-refractivity contribution in [2.45, 2.75) is 39.7 Å². The number of aliphatic hydroxyl groups excluding tert-OH is 1. The van der Waals surface area contributed by atoms with E-state index >= 15 is 0 Å². The van der Waals surface area contributed by atoms with Gasteiger partial charge in [-0.3, -0.25) is 4.79 Å². The van der Waals surface area contributed by atoms with Crippen LogP contribution in [0.3, 0.4) is 0 Å². The van der Waals surface area contributed by atoms with Crippen molar-refractivity contribution >= 4 is 5.91 Å². The third-order valence-electron chi connectivity index (χ3n) is 4.34. The summed E-state index contributed by atoms with van der Waals surface area (Å²) >= 11 is 0. The average Bonchev–Trinajstić information content (AvgIpc) is 2.41. The predicted molar refractivity (Wildman–Crippen MR) is 76.2 cm³/mol. The van der Waals surface area contributed by atoms with Gasteiger partial charge in [0.2, 0.25) is 0 Å². The van der Waals surface area contributed by atoms with Crippen LogP contribution in [0.5, 0.6) is 0 Å². The monoisotopic (exact) mass is 261 g/mol. The molecule has 1 heterocycles. The highest BCUT2D eigenvalue weighted by molar-refractivity contribution is 5.96. The minimum Gasteiger partial charge on any atom is -0.393 e. The topological polar surface area (TPSA) is 40.5 Å². The van der Waals surface area contributed by atoms with Gasteiger partial charge in [0.05, 0.1) is 6.10 Å². The fourth-order valence-electron chi connectivity index (χ4n) is 2.76. The number of aryl methyl sites for hydroxylation is 1. The number of aliphatic hydroxyl groups is 1. The van der Waals surface area contributed by atoms with Gasteiger partial charge < -0.3 is 10.0 Å². The normalized spacial score (nSPS) is 23.5. The Bertz CT molecular complexity index is 470. The third-order valence-corrected chi connectivity index (χ3v) is 4.34. The van der Waals surface area contributed by atoms with E-state index in [-0.39, 0.29) is 17.9 Å². The third kappa shape index (κ3) is 2.81. The molecule has 2 atom stereocenters. The first kappa shape index (κ1) is 14.1. The van der Waals surface area contributed by atoms with E-state index in [9.17, 15) is 9.90 Å². The van der Waals surface area contributed by atoms with Crippen LogP contribution in [-0.4, -0.2) is 35.1 Å². The summed E-state index contributed by atoms with van der Waals surface area (Å²) in [5.74, 6) is 0.314. The molecule has 2 rings (SSSR count). The van der Waals surface area contributed by atoms with Crippen molar-refractivity contribution in [2.75, 3.05) is 13.1 Å². The Balaban J connectivity index is 2.18. The molecule has 104 valence electrons. The second-order valence-electron chi connectivity index (χ2n) is 5.52. The van der Waals surface area contributed by atoms with Gasteiger partial charge in [0.25, 0.3) is 5.91 Å². The first-order valence-corrected chi connectivity index (χ1v) is 7.08. The molecule has 2 unspecified atom stereocenters. The molecule has 1 aliphatic rings. The van der Waals surface area contributed by atoms with Gasteiger partial charge in [0.15, 0.2) is 0 Å². The van der Waals surface area contributed by atoms with Crippen LogP contribution in [0.25, 0.3) is 0 Å². The van der Waals surface area contributed by atoms with E-state index < -0.39 is 0 Å². The van der Waals surface area contributed by atoms with E-state index in [2.05, 4.69) is 6.92 Å². The summed E-state index contributed by atoms with van der Waals surface area (Å²) in [5.41, 5.74) is 3.01. The van der Waals surface area contributed by atoms with Crippen LogP contribution in [0.2, 0.25) is 0 Å². The number of rotatable bonds is 2. The van der Waals surface area contributed by atoms with Crippen molar-refractivity contribution in [1.82, 2.24) is 4.90 Å². The minimum absolute atomic E-state index is 0.103. The second-order valence-corrected chi connectivity index (χ2v) is 5.52. The number of amides is 1. The molecule has 1 saturated heterocycles. The lowest BCUT2D eigenvalue weighted by Crippen LogP contribution is -2.46. The fourth-order valence-corrected chi connectivity index (χ4v) is 2.76. The Morgan fingerprint density at radius 2 is 2.16 bits per heavy atom. The molecular formula is C16H23NO2. The van der Waals surface area contributed by atoms with E-state index in [1.807, 2.05) is 36.9 Å². The predicted octanol–water partition coefficient (Wildman–Crippen LogP) is 2.54. The van der Waals surface area contributed by atoms with Gasteiger partial charge in [-0.2, -0.15) is 0 Å². The molecule has 0 aliphatic carbocycles. The second kappa shape index (κ2) is 5.74. The van der Waals surface area contributed by atoms with E-state index in [4.69, 9.17) is 0 Å². The Morgan fingerprint density at radius 3 is 2.84 bits per heavy atom. The smallest absolute Gasteiger partial charge is 0.254 e. The van der Waals surface area contributed by atoms with Gasteiger partial charge in [-0.25, -0.2) is 0 Å². The van der Waals surface area contributed by atoms with Gasteiger partial charge >= 0.3 is 0 Å². The number of likely N-dealkylation sites (tertiary alicyclic amines) is 1. The Morgan fingerprint density at radius 1 is 1.42 bits per heavy atom. The molecule has 1 aromatic rings. The standard InChI is InChI=1S/C16H23NO2/c1-4-13-10-17(9-8-15(13)18)16(19)14-7-5-6-11(2)12(14)3/h5-7,13,15,18H,4,8-10H2,1-3H3. The molecule has 3 heteroatoms. The van der Waals surface area contributed by atoms with Gasteiger partial charge in [0.1, 0.15) is 0 Å². The number of piperidine rings is 1. The number of hydrogen-bond donors (Lipinski definition) is 1. The van der Waals surface area contributed by atoms with Crippen LogP contribution in [0.4, 0.5) is 0 Å². The fraction of sp³-hybridized carbons (Fsp3) is 0.562. The van der Waals surface area contributed by atoms with Gasteiger partial charge in [-0.1, -0.05) is 19.1 Å². The van der Waals surface area contributed by atoms with Gasteiger partial charge in [-0.05, 0) is 43.9 Å². The molecule has 0 radical (unpaired) electrons. The summed E-state index contributed by atoms with van der Waals surface area (Å²) in [7, 11) is 0. The van der Waals surface area contributed by atoms with Crippen molar-refractivity contribution in [3.05, 3.63) is 34.9 Å². The molecule has 0 saturated carbocycles. The molecule has 0 bridgehead atoms. The van der Waals surface area contributed by atoms with E-state index in [0.717, 1.165) is 23.1 Å². The lowest BCUT2D eigenvalue weighted by Gasteiger charge is -2.36. The quantitative estimate of drug-likeness (QED) is 0.888. The van der Waals surface area contributed by atoms with Crippen molar-refractivity contribution in [1.29, 1.82) is 0 Å². The summed E-state index contributed by atoms with van der Waals surface area (Å²) in [6.45, 7) is 7.42. The summed E-state index contributed by atoms with van der Waals surface area (Å²) in [6.07, 6.45) is 1.35. The number of carbonyl (C=O) groups is 1. The molecule has 1 N–H and O–H groups in total. The highest BCUT2D eigenvalue weighted by Crippen LogP contribution is 2.23. The molecule has 0 aromatic heterocycles. The lowest BCUT2D eigenvalue weighted by atomic mass is 9.91. The summed E-state index contributed by atoms with van der Waals surface area (Å²) in [6, 6.07) is 5.86. The van der Waals surface area contributed by atoms with Gasteiger partial charge in [-0.15, -0.1) is 0 Å². The highest BCUT2D eigenvalue weighted by Gasteiger charge is 2.29. The molecule has 1 amide bonds. The number of nitrogens with zero attached hydrogens (tertiary/aromatic N) is 1. The first-order chi connectivity index (χ1) is 9.04. The zero-order chi connectivity index (χ0) is 14.0. The van der Waals surface area contributed by atoms with Crippen molar-refractivity contribution < 1.29 is 9.90 Å². The number of hydrogen-bond acceptors (Lipinski definition) is 2. The SMILES string of the molecule is CCC1CN(C(=O)c2cccc(C)c2C)CCC1O. The van der Waals surface area contributed by atoms with Crippen LogP contribution < -0.4 is 0 Å². The molecule has 1 aliphatic heterocycles. The summed E-state index contributed by atoms with van der Waals surface area (Å²) in [5, 5.41) is 9.90. The number of carbonyl (C=O) groups excluding carboxylic acids is 1. The van der Waals surface area contributed by atoms with Crippen LogP contribution in [0.1, 0.15) is 41.3 Å². The van der Waals surface area contributed by atoms with E-state index in [0.29, 0.717) is 19.5 Å².